The van der Waals surface area contributed by atoms with Crippen LogP contribution in [0.2, 0.25) is 0 Å². The predicted molar refractivity (Wildman–Crippen MR) is 62.4 cm³/mol. The van der Waals surface area contributed by atoms with E-state index in [1.165, 1.54) is 6.07 Å². The number of hydrogen-bond acceptors (Lipinski definition) is 1. The largest absolute Gasteiger partial charge is 0.314 e. The molecule has 0 fully saturated rings. The fourth-order valence-electron chi connectivity index (χ4n) is 1.37. The van der Waals surface area contributed by atoms with Gasteiger partial charge in [-0.15, -0.1) is 0 Å². The molecular formula is C13H20FN. The molecule has 0 aliphatic carbocycles. The smallest absolute Gasteiger partial charge is 0.126 e. The number of nitrogens with one attached hydrogen (secondary N) is 1. The van der Waals surface area contributed by atoms with Crippen LogP contribution >= 0.6 is 0 Å². The van der Waals surface area contributed by atoms with Crippen LogP contribution in [0.15, 0.2) is 24.3 Å². The minimum atomic E-state index is -0.100. The average molecular weight is 209 g/mol. The van der Waals surface area contributed by atoms with Crippen LogP contribution in [0.3, 0.4) is 0 Å². The number of hydrogen-bond donors (Lipinski definition) is 1. The van der Waals surface area contributed by atoms with Crippen molar-refractivity contribution < 1.29 is 4.39 Å². The molecule has 0 aliphatic rings. The summed E-state index contributed by atoms with van der Waals surface area (Å²) in [6.45, 7) is 7.35. The van der Waals surface area contributed by atoms with Gasteiger partial charge in [-0.05, 0) is 37.4 Å². The Balaban J connectivity index is 2.35. The van der Waals surface area contributed by atoms with E-state index in [1.54, 1.807) is 6.07 Å². The Morgan fingerprint density at radius 3 is 2.47 bits per heavy atom. The van der Waals surface area contributed by atoms with E-state index < -0.39 is 0 Å². The van der Waals surface area contributed by atoms with Gasteiger partial charge in [0.15, 0.2) is 0 Å². The minimum absolute atomic E-state index is 0.100. The Morgan fingerprint density at radius 1 is 1.20 bits per heavy atom. The van der Waals surface area contributed by atoms with E-state index in [4.69, 9.17) is 0 Å². The van der Waals surface area contributed by atoms with Gasteiger partial charge in [0.25, 0.3) is 0 Å². The Morgan fingerprint density at radius 2 is 1.87 bits per heavy atom. The lowest BCUT2D eigenvalue weighted by atomic mass is 10.1. The first-order valence-electron chi connectivity index (χ1n) is 5.58. The first-order chi connectivity index (χ1) is 7.11. The summed E-state index contributed by atoms with van der Waals surface area (Å²) in [6, 6.07) is 7.45. The highest BCUT2D eigenvalue weighted by Crippen LogP contribution is 2.07. The van der Waals surface area contributed by atoms with Crippen molar-refractivity contribution in [2.24, 2.45) is 5.92 Å². The maximum atomic E-state index is 13.2. The molecule has 0 saturated heterocycles. The maximum Gasteiger partial charge on any atom is 0.126 e. The fourth-order valence-corrected chi connectivity index (χ4v) is 1.37. The average Bonchev–Trinajstić information content (AvgIpc) is 2.20. The lowest BCUT2D eigenvalue weighted by Crippen LogP contribution is -2.32. The van der Waals surface area contributed by atoms with Crippen LogP contribution in [-0.4, -0.2) is 12.6 Å². The van der Waals surface area contributed by atoms with Crippen molar-refractivity contribution in [2.75, 3.05) is 6.54 Å². The molecule has 1 rings (SSSR count). The Bertz CT molecular complexity index is 296. The first kappa shape index (κ1) is 12.2. The maximum absolute atomic E-state index is 13.2. The van der Waals surface area contributed by atoms with Crippen LogP contribution in [0.1, 0.15) is 26.3 Å². The van der Waals surface area contributed by atoms with Gasteiger partial charge in [-0.25, -0.2) is 4.39 Å². The van der Waals surface area contributed by atoms with Crippen molar-refractivity contribution in [1.29, 1.82) is 0 Å². The molecular weight excluding hydrogens is 189 g/mol. The number of rotatable bonds is 5. The third-order valence-electron chi connectivity index (χ3n) is 2.82. The second-order valence-corrected chi connectivity index (χ2v) is 4.33. The van der Waals surface area contributed by atoms with E-state index in [-0.39, 0.29) is 5.82 Å². The van der Waals surface area contributed by atoms with Crippen molar-refractivity contribution >= 4 is 0 Å². The van der Waals surface area contributed by atoms with Crippen LogP contribution in [0.4, 0.5) is 4.39 Å². The molecule has 2 heteroatoms. The minimum Gasteiger partial charge on any atom is -0.314 e. The molecule has 1 aromatic rings. The summed E-state index contributed by atoms with van der Waals surface area (Å²) in [5.74, 6) is 0.516. The van der Waals surface area contributed by atoms with E-state index in [1.807, 2.05) is 12.1 Å². The van der Waals surface area contributed by atoms with Gasteiger partial charge in [0.2, 0.25) is 0 Å². The van der Waals surface area contributed by atoms with Crippen LogP contribution in [0.5, 0.6) is 0 Å². The van der Waals surface area contributed by atoms with E-state index in [0.717, 1.165) is 18.5 Å². The van der Waals surface area contributed by atoms with Gasteiger partial charge in [0, 0.05) is 6.04 Å². The summed E-state index contributed by atoms with van der Waals surface area (Å²) < 4.78 is 13.2. The molecule has 0 spiro atoms. The number of benzene rings is 1. The molecule has 0 bridgehead atoms. The molecule has 0 saturated carbocycles. The van der Waals surface area contributed by atoms with Gasteiger partial charge in [-0.2, -0.15) is 0 Å². The van der Waals surface area contributed by atoms with Crippen LogP contribution in [0, 0.1) is 11.7 Å². The molecule has 84 valence electrons. The van der Waals surface area contributed by atoms with E-state index in [2.05, 4.69) is 26.1 Å². The molecule has 0 aromatic heterocycles. The summed E-state index contributed by atoms with van der Waals surface area (Å²) in [4.78, 5) is 0. The van der Waals surface area contributed by atoms with Crippen molar-refractivity contribution in [2.45, 2.75) is 33.2 Å². The molecule has 0 radical (unpaired) electrons. The second-order valence-electron chi connectivity index (χ2n) is 4.33. The fraction of sp³-hybridized carbons (Fsp3) is 0.538. The monoisotopic (exact) mass is 209 g/mol. The van der Waals surface area contributed by atoms with Crippen molar-refractivity contribution in [3.05, 3.63) is 35.6 Å². The van der Waals surface area contributed by atoms with Crippen molar-refractivity contribution in [3.63, 3.8) is 0 Å². The lowest BCUT2D eigenvalue weighted by molar-refractivity contribution is 0.428. The summed E-state index contributed by atoms with van der Waals surface area (Å²) in [7, 11) is 0. The third kappa shape index (κ3) is 4.00. The zero-order valence-electron chi connectivity index (χ0n) is 9.76. The van der Waals surface area contributed by atoms with Crippen molar-refractivity contribution in [3.8, 4) is 0 Å². The number of halogens is 1. The Hall–Kier alpha value is -0.890. The molecule has 0 heterocycles. The van der Waals surface area contributed by atoms with E-state index >= 15 is 0 Å². The zero-order valence-corrected chi connectivity index (χ0v) is 9.76. The van der Waals surface area contributed by atoms with Gasteiger partial charge < -0.3 is 5.32 Å². The Labute approximate surface area is 91.7 Å². The highest BCUT2D eigenvalue weighted by atomic mass is 19.1. The highest BCUT2D eigenvalue weighted by Gasteiger charge is 2.06. The molecule has 1 aromatic carbocycles. The lowest BCUT2D eigenvalue weighted by Gasteiger charge is -2.17. The molecule has 15 heavy (non-hydrogen) atoms. The van der Waals surface area contributed by atoms with Gasteiger partial charge >= 0.3 is 0 Å². The standard InChI is InChI=1S/C13H20FN/c1-10(2)11(3)15-9-8-12-6-4-5-7-13(12)14/h4-7,10-11,15H,8-9H2,1-3H3. The predicted octanol–water partition coefficient (Wildman–Crippen LogP) is 3.00. The summed E-state index contributed by atoms with van der Waals surface area (Å²) in [5, 5.41) is 3.39. The van der Waals surface area contributed by atoms with Crippen LogP contribution < -0.4 is 5.32 Å². The van der Waals surface area contributed by atoms with Crippen LogP contribution in [0.25, 0.3) is 0 Å². The molecule has 1 nitrogen and oxygen atoms in total. The van der Waals surface area contributed by atoms with Gasteiger partial charge in [0.05, 0.1) is 0 Å². The molecule has 0 amide bonds. The first-order valence-corrected chi connectivity index (χ1v) is 5.58. The van der Waals surface area contributed by atoms with Gasteiger partial charge in [-0.3, -0.25) is 0 Å². The molecule has 1 atom stereocenters. The normalized spacial score (nSPS) is 13.1. The molecule has 1 unspecified atom stereocenters. The quantitative estimate of drug-likeness (QED) is 0.786. The van der Waals surface area contributed by atoms with Crippen molar-refractivity contribution in [1.82, 2.24) is 5.32 Å². The molecule has 0 aliphatic heterocycles. The third-order valence-corrected chi connectivity index (χ3v) is 2.82. The van der Waals surface area contributed by atoms with Crippen LogP contribution in [-0.2, 0) is 6.42 Å². The van der Waals surface area contributed by atoms with Gasteiger partial charge in [-0.1, -0.05) is 32.0 Å². The Kier molecular flexibility index (Phi) is 4.76. The van der Waals surface area contributed by atoms with E-state index in [0.29, 0.717) is 12.0 Å². The second kappa shape index (κ2) is 5.86. The van der Waals surface area contributed by atoms with E-state index in [9.17, 15) is 4.39 Å². The summed E-state index contributed by atoms with van der Waals surface area (Å²) in [5.41, 5.74) is 0.793. The highest BCUT2D eigenvalue weighted by molar-refractivity contribution is 5.17. The topological polar surface area (TPSA) is 12.0 Å². The molecule has 1 N–H and O–H groups in total. The SMILES string of the molecule is CC(C)C(C)NCCc1ccccc1F. The van der Waals surface area contributed by atoms with Gasteiger partial charge in [0.1, 0.15) is 5.82 Å². The summed E-state index contributed by atoms with van der Waals surface area (Å²) >= 11 is 0. The summed E-state index contributed by atoms with van der Waals surface area (Å²) in [6.07, 6.45) is 0.754. The zero-order chi connectivity index (χ0) is 11.3.